The van der Waals surface area contributed by atoms with E-state index in [1.807, 2.05) is 5.32 Å². The van der Waals surface area contributed by atoms with Crippen molar-refractivity contribution >= 4 is 12.0 Å². The van der Waals surface area contributed by atoms with Crippen molar-refractivity contribution in [2.75, 3.05) is 13.1 Å². The van der Waals surface area contributed by atoms with E-state index in [0.717, 1.165) is 6.07 Å². The molecule has 1 aromatic rings. The molecule has 132 valence electrons. The second-order valence-corrected chi connectivity index (χ2v) is 5.41. The Bertz CT molecular complexity index is 650. The minimum absolute atomic E-state index is 0.202. The lowest BCUT2D eigenvalue weighted by Gasteiger charge is -2.37. The van der Waals surface area contributed by atoms with Crippen molar-refractivity contribution in [2.45, 2.75) is 24.6 Å². The first-order chi connectivity index (χ1) is 11.1. The van der Waals surface area contributed by atoms with E-state index >= 15 is 0 Å². The van der Waals surface area contributed by atoms with Crippen LogP contribution < -0.4 is 5.32 Å². The van der Waals surface area contributed by atoms with Gasteiger partial charge < -0.3 is 15.3 Å². The van der Waals surface area contributed by atoms with Gasteiger partial charge >= 0.3 is 12.3 Å². The first-order valence-electron chi connectivity index (χ1n) is 6.87. The molecule has 2 N–H and O–H groups in total. The summed E-state index contributed by atoms with van der Waals surface area (Å²) in [7, 11) is 0. The first kappa shape index (κ1) is 18.0. The molecule has 5 nitrogen and oxygen atoms in total. The average Bonchev–Trinajstić information content (AvgIpc) is 2.44. The maximum absolute atomic E-state index is 13.9. The third-order valence-electron chi connectivity index (χ3n) is 3.66. The molecule has 0 aromatic heterocycles. The molecule has 1 aliphatic heterocycles. The number of piperidine rings is 1. The first-order valence-corrected chi connectivity index (χ1v) is 6.87. The number of amides is 2. The SMILES string of the molecule is O=C(O)N[C@@H]1CC(c2cccc(F)c2F)CN(CC(F)(F)F)C1=O. The van der Waals surface area contributed by atoms with Crippen LogP contribution in [0.3, 0.4) is 0 Å². The number of nitrogens with zero attached hydrogens (tertiary/aromatic N) is 1. The molecular formula is C14H13F5N2O3. The highest BCUT2D eigenvalue weighted by Gasteiger charge is 2.42. The van der Waals surface area contributed by atoms with Crippen LogP contribution in [0.4, 0.5) is 26.7 Å². The molecule has 1 aromatic carbocycles. The summed E-state index contributed by atoms with van der Waals surface area (Å²) in [5.41, 5.74) is -0.202. The number of likely N-dealkylation sites (tertiary alicyclic amines) is 1. The number of nitrogens with one attached hydrogen (secondary N) is 1. The molecule has 1 aliphatic rings. The summed E-state index contributed by atoms with van der Waals surface area (Å²) in [5.74, 6) is -4.42. The van der Waals surface area contributed by atoms with Gasteiger partial charge in [0.2, 0.25) is 5.91 Å². The number of carboxylic acid groups (broad SMARTS) is 1. The molecular weight excluding hydrogens is 339 g/mol. The number of benzene rings is 1. The topological polar surface area (TPSA) is 69.6 Å². The molecule has 2 amide bonds. The lowest BCUT2D eigenvalue weighted by molar-refractivity contribution is -0.165. The summed E-state index contributed by atoms with van der Waals surface area (Å²) < 4.78 is 65.1. The van der Waals surface area contributed by atoms with Crippen LogP contribution in [0.15, 0.2) is 18.2 Å². The van der Waals surface area contributed by atoms with E-state index in [1.54, 1.807) is 0 Å². The van der Waals surface area contributed by atoms with Crippen LogP contribution in [0, 0.1) is 11.6 Å². The fourth-order valence-electron chi connectivity index (χ4n) is 2.73. The number of rotatable bonds is 3. The lowest BCUT2D eigenvalue weighted by atomic mass is 9.87. The van der Waals surface area contributed by atoms with Crippen LogP contribution in [0.2, 0.25) is 0 Å². The molecule has 0 bridgehead atoms. The number of alkyl halides is 3. The Morgan fingerprint density at radius 1 is 1.33 bits per heavy atom. The molecule has 0 aliphatic carbocycles. The highest BCUT2D eigenvalue weighted by molar-refractivity contribution is 5.86. The van der Waals surface area contributed by atoms with Crippen molar-refractivity contribution < 1.29 is 36.6 Å². The molecule has 0 radical (unpaired) electrons. The lowest BCUT2D eigenvalue weighted by Crippen LogP contribution is -2.56. The van der Waals surface area contributed by atoms with Crippen molar-refractivity contribution in [1.82, 2.24) is 10.2 Å². The Kier molecular flexibility index (Phi) is 4.95. The largest absolute Gasteiger partial charge is 0.465 e. The van der Waals surface area contributed by atoms with Gasteiger partial charge in [0, 0.05) is 12.5 Å². The van der Waals surface area contributed by atoms with Crippen LogP contribution in [-0.4, -0.2) is 47.3 Å². The van der Waals surface area contributed by atoms with E-state index in [1.165, 1.54) is 12.1 Å². The Hall–Kier alpha value is -2.39. The van der Waals surface area contributed by atoms with E-state index in [4.69, 9.17) is 5.11 Å². The fourth-order valence-corrected chi connectivity index (χ4v) is 2.73. The number of hydrogen-bond donors (Lipinski definition) is 2. The smallest absolute Gasteiger partial charge is 0.406 e. The highest BCUT2D eigenvalue weighted by atomic mass is 19.4. The predicted octanol–water partition coefficient (Wildman–Crippen LogP) is 2.48. The van der Waals surface area contributed by atoms with Crippen LogP contribution in [-0.2, 0) is 4.79 Å². The Morgan fingerprint density at radius 3 is 2.58 bits per heavy atom. The summed E-state index contributed by atoms with van der Waals surface area (Å²) in [4.78, 5) is 23.1. The van der Waals surface area contributed by atoms with E-state index in [-0.39, 0.29) is 12.0 Å². The predicted molar refractivity (Wildman–Crippen MR) is 71.3 cm³/mol. The van der Waals surface area contributed by atoms with Gasteiger partial charge in [-0.05, 0) is 18.1 Å². The monoisotopic (exact) mass is 352 g/mol. The minimum atomic E-state index is -4.70. The molecule has 2 atom stereocenters. The summed E-state index contributed by atoms with van der Waals surface area (Å²) in [6, 6.07) is 1.78. The van der Waals surface area contributed by atoms with Gasteiger partial charge in [0.05, 0.1) is 0 Å². The third-order valence-corrected chi connectivity index (χ3v) is 3.66. The average molecular weight is 352 g/mol. The minimum Gasteiger partial charge on any atom is -0.465 e. The van der Waals surface area contributed by atoms with Crippen molar-refractivity contribution in [3.8, 4) is 0 Å². The molecule has 24 heavy (non-hydrogen) atoms. The normalized spacial score (nSPS) is 21.7. The molecule has 0 saturated carbocycles. The molecule has 0 spiro atoms. The highest BCUT2D eigenvalue weighted by Crippen LogP contribution is 2.32. The maximum atomic E-state index is 13.9. The standard InChI is InChI=1S/C14H13F5N2O3/c15-9-3-1-2-8(11(9)16)7-4-10(20-13(23)24)12(22)21(5-7)6-14(17,18)19/h1-3,7,10,20H,4-6H2,(H,23,24)/t7?,10-/m1/s1. The third kappa shape index (κ3) is 4.12. The van der Waals surface area contributed by atoms with Crippen LogP contribution in [0.1, 0.15) is 17.9 Å². The van der Waals surface area contributed by atoms with E-state index in [9.17, 15) is 31.5 Å². The number of carbonyl (C=O) groups excluding carboxylic acids is 1. The second-order valence-electron chi connectivity index (χ2n) is 5.41. The molecule has 1 saturated heterocycles. The number of hydrogen-bond acceptors (Lipinski definition) is 2. The van der Waals surface area contributed by atoms with E-state index < -0.39 is 54.9 Å². The van der Waals surface area contributed by atoms with Crippen LogP contribution in [0.5, 0.6) is 0 Å². The number of carbonyl (C=O) groups is 2. The Labute approximate surface area is 133 Å². The van der Waals surface area contributed by atoms with Gasteiger partial charge in [0.1, 0.15) is 12.6 Å². The zero-order valence-corrected chi connectivity index (χ0v) is 12.1. The number of halogens is 5. The summed E-state index contributed by atoms with van der Waals surface area (Å²) in [5, 5.41) is 10.5. The van der Waals surface area contributed by atoms with Gasteiger partial charge in [-0.25, -0.2) is 13.6 Å². The van der Waals surface area contributed by atoms with Crippen LogP contribution in [0.25, 0.3) is 0 Å². The molecule has 1 fully saturated rings. The van der Waals surface area contributed by atoms with Gasteiger partial charge in [-0.3, -0.25) is 4.79 Å². The van der Waals surface area contributed by atoms with Crippen molar-refractivity contribution in [2.24, 2.45) is 0 Å². The quantitative estimate of drug-likeness (QED) is 0.821. The molecule has 10 heteroatoms. The van der Waals surface area contributed by atoms with E-state index in [0.29, 0.717) is 4.90 Å². The van der Waals surface area contributed by atoms with Crippen LogP contribution >= 0.6 is 0 Å². The zero-order chi connectivity index (χ0) is 18.1. The molecule has 1 heterocycles. The van der Waals surface area contributed by atoms with Crippen molar-refractivity contribution in [1.29, 1.82) is 0 Å². The summed E-state index contributed by atoms with van der Waals surface area (Å²) in [6.07, 6.45) is -6.56. The van der Waals surface area contributed by atoms with Gasteiger partial charge in [-0.2, -0.15) is 13.2 Å². The summed E-state index contributed by atoms with van der Waals surface area (Å²) >= 11 is 0. The van der Waals surface area contributed by atoms with Gasteiger partial charge in [0.25, 0.3) is 0 Å². The van der Waals surface area contributed by atoms with Gasteiger partial charge in [0.15, 0.2) is 11.6 Å². The van der Waals surface area contributed by atoms with Gasteiger partial charge in [-0.15, -0.1) is 0 Å². The summed E-state index contributed by atoms with van der Waals surface area (Å²) in [6.45, 7) is -2.09. The van der Waals surface area contributed by atoms with Gasteiger partial charge in [-0.1, -0.05) is 12.1 Å². The Balaban J connectivity index is 2.33. The van der Waals surface area contributed by atoms with E-state index in [2.05, 4.69) is 0 Å². The Morgan fingerprint density at radius 2 is 2.00 bits per heavy atom. The van der Waals surface area contributed by atoms with Crippen molar-refractivity contribution in [3.05, 3.63) is 35.4 Å². The fraction of sp³-hybridized carbons (Fsp3) is 0.429. The molecule has 2 rings (SSSR count). The zero-order valence-electron chi connectivity index (χ0n) is 12.1. The maximum Gasteiger partial charge on any atom is 0.406 e. The van der Waals surface area contributed by atoms with Crippen molar-refractivity contribution in [3.63, 3.8) is 0 Å². The molecule has 1 unspecified atom stereocenters. The second kappa shape index (κ2) is 6.62.